The summed E-state index contributed by atoms with van der Waals surface area (Å²) in [6.45, 7) is 1.16. The highest BCUT2D eigenvalue weighted by Crippen LogP contribution is 2.34. The number of amides is 1. The van der Waals surface area contributed by atoms with E-state index in [1.807, 2.05) is 17.0 Å². The normalized spacial score (nSPS) is 20.1. The second kappa shape index (κ2) is 7.05. The molecular weight excluding hydrogens is 385 g/mol. The Labute approximate surface area is 172 Å². The summed E-state index contributed by atoms with van der Waals surface area (Å²) < 4.78 is 14.7. The molecule has 2 aliphatic rings. The van der Waals surface area contributed by atoms with Crippen molar-refractivity contribution in [3.63, 3.8) is 0 Å². The third-order valence-corrected chi connectivity index (χ3v) is 5.94. The second-order valence-electron chi connectivity index (χ2n) is 7.73. The first-order chi connectivity index (χ1) is 14.5. The fraction of sp³-hybridized carbons (Fsp3) is 0.273. The maximum Gasteiger partial charge on any atom is 0.255 e. The van der Waals surface area contributed by atoms with Crippen LogP contribution < -0.4 is 10.5 Å². The molecule has 2 fully saturated rings. The summed E-state index contributed by atoms with van der Waals surface area (Å²) in [5.74, 6) is 0.159. The molecule has 0 N–H and O–H groups in total. The topological polar surface area (TPSA) is 71.3 Å². The van der Waals surface area contributed by atoms with Crippen molar-refractivity contribution in [3.8, 4) is 11.3 Å². The van der Waals surface area contributed by atoms with E-state index in [0.717, 1.165) is 12.0 Å². The highest BCUT2D eigenvalue weighted by Gasteiger charge is 2.46. The van der Waals surface area contributed by atoms with Crippen LogP contribution in [0.4, 0.5) is 10.3 Å². The average Bonchev–Trinajstić information content (AvgIpc) is 3.37. The summed E-state index contributed by atoms with van der Waals surface area (Å²) in [5.41, 5.74) is 1.80. The summed E-state index contributed by atoms with van der Waals surface area (Å²) in [5, 5.41) is 0. The molecule has 0 aliphatic carbocycles. The number of benzene rings is 1. The molecule has 4 heterocycles. The van der Waals surface area contributed by atoms with E-state index in [-0.39, 0.29) is 29.4 Å². The number of nitrogens with zero attached hydrogens (tertiary/aromatic N) is 5. The lowest BCUT2D eigenvalue weighted by Gasteiger charge is -2.35. The molecule has 1 unspecified atom stereocenters. The lowest BCUT2D eigenvalue weighted by molar-refractivity contribution is 0.0725. The standard InChI is InChI=1S/C22H20FN5O2/c1-26-20(29)11-19(14-6-8-24-9-7-14)25-22(26)28-13-17-10-18(28)12-27(17)21(30)15-2-4-16(23)5-3-15/h2-9,11,17-18H,10,12-13H2,1H3/t17?,18-/m0/s1. The van der Waals surface area contributed by atoms with Gasteiger partial charge in [0.25, 0.3) is 11.5 Å². The molecule has 0 saturated carbocycles. The third-order valence-electron chi connectivity index (χ3n) is 5.94. The average molecular weight is 405 g/mol. The van der Waals surface area contributed by atoms with Crippen LogP contribution in [-0.2, 0) is 7.05 Å². The third kappa shape index (κ3) is 3.04. The second-order valence-corrected chi connectivity index (χ2v) is 7.73. The molecule has 0 spiro atoms. The first kappa shape index (κ1) is 18.5. The number of fused-ring (bicyclic) bond motifs is 2. The van der Waals surface area contributed by atoms with Gasteiger partial charge < -0.3 is 9.80 Å². The van der Waals surface area contributed by atoms with Gasteiger partial charge in [-0.05, 0) is 42.8 Å². The number of hydrogen-bond acceptors (Lipinski definition) is 5. The molecule has 1 amide bonds. The van der Waals surface area contributed by atoms with Crippen LogP contribution in [-0.4, -0.2) is 50.5 Å². The van der Waals surface area contributed by atoms with Crippen molar-refractivity contribution in [2.75, 3.05) is 18.0 Å². The number of carbonyl (C=O) groups excluding carboxylic acids is 1. The summed E-state index contributed by atoms with van der Waals surface area (Å²) in [6.07, 6.45) is 4.16. The van der Waals surface area contributed by atoms with Crippen molar-refractivity contribution in [1.82, 2.24) is 19.4 Å². The van der Waals surface area contributed by atoms with Crippen LogP contribution in [0.3, 0.4) is 0 Å². The Bertz CT molecular complexity index is 1160. The van der Waals surface area contributed by atoms with Gasteiger partial charge in [-0.3, -0.25) is 19.1 Å². The molecular formula is C22H20FN5O2. The van der Waals surface area contributed by atoms with Gasteiger partial charge in [-0.1, -0.05) is 0 Å². The highest BCUT2D eigenvalue weighted by molar-refractivity contribution is 5.95. The maximum atomic E-state index is 13.2. The van der Waals surface area contributed by atoms with Crippen molar-refractivity contribution >= 4 is 11.9 Å². The molecule has 8 heteroatoms. The molecule has 152 valence electrons. The number of piperazine rings is 1. The van der Waals surface area contributed by atoms with Crippen LogP contribution >= 0.6 is 0 Å². The molecule has 7 nitrogen and oxygen atoms in total. The van der Waals surface area contributed by atoms with E-state index in [1.54, 1.807) is 24.0 Å². The van der Waals surface area contributed by atoms with E-state index < -0.39 is 0 Å². The van der Waals surface area contributed by atoms with Crippen molar-refractivity contribution in [1.29, 1.82) is 0 Å². The Kier molecular flexibility index (Phi) is 4.34. The largest absolute Gasteiger partial charge is 0.335 e. The van der Waals surface area contributed by atoms with Crippen LogP contribution in [0.25, 0.3) is 11.3 Å². The Morgan fingerprint density at radius 2 is 1.80 bits per heavy atom. The highest BCUT2D eigenvalue weighted by atomic mass is 19.1. The number of pyridine rings is 1. The van der Waals surface area contributed by atoms with E-state index in [1.165, 1.54) is 30.3 Å². The van der Waals surface area contributed by atoms with Crippen LogP contribution in [0.1, 0.15) is 16.8 Å². The van der Waals surface area contributed by atoms with Crippen molar-refractivity contribution in [2.45, 2.75) is 18.5 Å². The molecule has 2 saturated heterocycles. The quantitative estimate of drug-likeness (QED) is 0.667. The molecule has 1 aromatic carbocycles. The molecule has 3 aromatic rings. The van der Waals surface area contributed by atoms with Crippen LogP contribution in [0, 0.1) is 5.82 Å². The van der Waals surface area contributed by atoms with Crippen molar-refractivity contribution < 1.29 is 9.18 Å². The molecule has 2 atom stereocenters. The predicted octanol–water partition coefficient (Wildman–Crippen LogP) is 2.08. The SMILES string of the molecule is Cn1c(N2CC3C[C@H]2CN3C(=O)c2ccc(F)cc2)nc(-c2ccncc2)cc1=O. The minimum atomic E-state index is -0.360. The summed E-state index contributed by atoms with van der Waals surface area (Å²) in [7, 11) is 1.72. The number of rotatable bonds is 3. The molecule has 5 rings (SSSR count). The Balaban J connectivity index is 1.41. The molecule has 2 aromatic heterocycles. The number of hydrogen-bond donors (Lipinski definition) is 0. The first-order valence-corrected chi connectivity index (χ1v) is 9.83. The smallest absolute Gasteiger partial charge is 0.255 e. The Morgan fingerprint density at radius 3 is 2.47 bits per heavy atom. The lowest BCUT2D eigenvalue weighted by atomic mass is 10.1. The van der Waals surface area contributed by atoms with Gasteiger partial charge in [0.15, 0.2) is 0 Å². The number of carbonyl (C=O) groups is 1. The fourth-order valence-electron chi connectivity index (χ4n) is 4.37. The van der Waals surface area contributed by atoms with Gasteiger partial charge in [0, 0.05) is 49.7 Å². The predicted molar refractivity (Wildman–Crippen MR) is 110 cm³/mol. The molecule has 2 bridgehead atoms. The molecule has 30 heavy (non-hydrogen) atoms. The first-order valence-electron chi connectivity index (χ1n) is 9.83. The van der Waals surface area contributed by atoms with Crippen molar-refractivity contribution in [2.24, 2.45) is 7.05 Å². The van der Waals surface area contributed by atoms with Crippen LogP contribution in [0.2, 0.25) is 0 Å². The lowest BCUT2D eigenvalue weighted by Crippen LogP contribution is -2.50. The van der Waals surface area contributed by atoms with Gasteiger partial charge in [-0.15, -0.1) is 0 Å². The zero-order valence-corrected chi connectivity index (χ0v) is 16.4. The van der Waals surface area contributed by atoms with Crippen LogP contribution in [0.5, 0.6) is 0 Å². The minimum absolute atomic E-state index is 0.0361. The molecule has 0 radical (unpaired) electrons. The van der Waals surface area contributed by atoms with E-state index >= 15 is 0 Å². The van der Waals surface area contributed by atoms with Gasteiger partial charge in [0.2, 0.25) is 5.95 Å². The number of aromatic nitrogens is 3. The summed E-state index contributed by atoms with van der Waals surface area (Å²) in [4.78, 5) is 38.2. The number of halogens is 1. The zero-order valence-electron chi connectivity index (χ0n) is 16.4. The number of likely N-dealkylation sites (tertiary alicyclic amines) is 1. The monoisotopic (exact) mass is 405 g/mol. The van der Waals surface area contributed by atoms with Crippen molar-refractivity contribution in [3.05, 3.63) is 76.6 Å². The van der Waals surface area contributed by atoms with E-state index in [4.69, 9.17) is 4.98 Å². The van der Waals surface area contributed by atoms with E-state index in [9.17, 15) is 14.0 Å². The number of anilines is 1. The van der Waals surface area contributed by atoms with Gasteiger partial charge in [0.1, 0.15) is 5.82 Å². The van der Waals surface area contributed by atoms with Gasteiger partial charge >= 0.3 is 0 Å². The maximum absolute atomic E-state index is 13.2. The zero-order chi connectivity index (χ0) is 20.8. The van der Waals surface area contributed by atoms with E-state index in [2.05, 4.69) is 9.88 Å². The fourth-order valence-corrected chi connectivity index (χ4v) is 4.37. The summed E-state index contributed by atoms with van der Waals surface area (Å²) >= 11 is 0. The van der Waals surface area contributed by atoms with E-state index in [0.29, 0.717) is 30.3 Å². The van der Waals surface area contributed by atoms with Gasteiger partial charge in [-0.2, -0.15) is 0 Å². The minimum Gasteiger partial charge on any atom is -0.335 e. The van der Waals surface area contributed by atoms with Gasteiger partial charge in [0.05, 0.1) is 17.8 Å². The van der Waals surface area contributed by atoms with Gasteiger partial charge in [-0.25, -0.2) is 9.37 Å². The van der Waals surface area contributed by atoms with Crippen LogP contribution in [0.15, 0.2) is 59.7 Å². The Hall–Kier alpha value is -3.55. The Morgan fingerprint density at radius 1 is 1.07 bits per heavy atom. The molecule has 2 aliphatic heterocycles. The summed E-state index contributed by atoms with van der Waals surface area (Å²) in [6, 6.07) is 10.9.